The molecule has 1 aromatic carbocycles. The molecule has 102 valence electrons. The number of hydrogen-bond acceptors (Lipinski definition) is 3. The van der Waals surface area contributed by atoms with Gasteiger partial charge in [-0.15, -0.1) is 0 Å². The van der Waals surface area contributed by atoms with Crippen molar-refractivity contribution in [3.05, 3.63) is 41.3 Å². The van der Waals surface area contributed by atoms with E-state index in [1.54, 1.807) is 0 Å². The van der Waals surface area contributed by atoms with Gasteiger partial charge >= 0.3 is 5.97 Å². The monoisotopic (exact) mass is 270 g/mol. The van der Waals surface area contributed by atoms with E-state index < -0.39 is 5.97 Å². The van der Waals surface area contributed by atoms with Crippen molar-refractivity contribution in [3.8, 4) is 11.3 Å². The lowest BCUT2D eigenvalue weighted by Crippen LogP contribution is -1.91. The number of carboxylic acids is 1. The number of rotatable bonds is 2. The average Bonchev–Trinajstić information content (AvgIpc) is 3.00. The van der Waals surface area contributed by atoms with Crippen LogP contribution in [0.4, 0.5) is 0 Å². The van der Waals surface area contributed by atoms with Gasteiger partial charge in [-0.25, -0.2) is 4.79 Å². The van der Waals surface area contributed by atoms with E-state index in [9.17, 15) is 4.79 Å². The van der Waals surface area contributed by atoms with E-state index in [0.29, 0.717) is 5.69 Å². The molecular weight excluding hydrogens is 256 g/mol. The van der Waals surface area contributed by atoms with Crippen LogP contribution in [-0.2, 0) is 7.05 Å². The molecule has 0 aliphatic carbocycles. The quantitative estimate of drug-likeness (QED) is 0.776. The Balaban J connectivity index is 2.17. The van der Waals surface area contributed by atoms with E-state index >= 15 is 0 Å². The number of carboxylic acid groups (broad SMARTS) is 1. The molecule has 5 nitrogen and oxygen atoms in total. The largest absolute Gasteiger partial charge is 0.475 e. The Hall–Kier alpha value is -2.56. The van der Waals surface area contributed by atoms with Crippen LogP contribution in [0.5, 0.6) is 0 Å². The summed E-state index contributed by atoms with van der Waals surface area (Å²) in [4.78, 5) is 10.8. The lowest BCUT2D eigenvalue weighted by molar-refractivity contribution is 0.0652. The maximum Gasteiger partial charge on any atom is 0.374 e. The zero-order valence-electron chi connectivity index (χ0n) is 11.5. The average molecular weight is 270 g/mol. The van der Waals surface area contributed by atoms with Gasteiger partial charge in [-0.05, 0) is 31.5 Å². The molecule has 0 amide bonds. The van der Waals surface area contributed by atoms with Gasteiger partial charge in [0.2, 0.25) is 5.76 Å². The van der Waals surface area contributed by atoms with Crippen molar-refractivity contribution in [1.82, 2.24) is 9.72 Å². The Morgan fingerprint density at radius 3 is 2.70 bits per heavy atom. The number of nitrogens with zero attached hydrogens (tertiary/aromatic N) is 2. The van der Waals surface area contributed by atoms with Crippen molar-refractivity contribution in [2.24, 2.45) is 7.05 Å². The fourth-order valence-corrected chi connectivity index (χ4v) is 2.43. The normalized spacial score (nSPS) is 11.2. The molecule has 0 atom stereocenters. The first-order chi connectivity index (χ1) is 9.49. The van der Waals surface area contributed by atoms with Crippen LogP contribution < -0.4 is 0 Å². The molecule has 20 heavy (non-hydrogen) atoms. The molecule has 0 fully saturated rings. The molecule has 0 aliphatic rings. The molecule has 0 unspecified atom stereocenters. The Morgan fingerprint density at radius 2 is 2.05 bits per heavy atom. The minimum atomic E-state index is -1.11. The van der Waals surface area contributed by atoms with Crippen molar-refractivity contribution in [3.63, 3.8) is 0 Å². The van der Waals surface area contributed by atoms with Gasteiger partial charge in [-0.3, -0.25) is 0 Å². The molecule has 0 aliphatic heterocycles. The van der Waals surface area contributed by atoms with Gasteiger partial charge < -0.3 is 14.2 Å². The maximum absolute atomic E-state index is 10.8. The number of fused-ring (bicyclic) bond motifs is 1. The summed E-state index contributed by atoms with van der Waals surface area (Å²) in [7, 11) is 2.03. The van der Waals surface area contributed by atoms with E-state index in [0.717, 1.165) is 16.5 Å². The Bertz CT molecular complexity index is 827. The second-order valence-corrected chi connectivity index (χ2v) is 4.88. The van der Waals surface area contributed by atoms with Crippen LogP contribution in [0.25, 0.3) is 22.2 Å². The molecule has 2 aromatic heterocycles. The number of carbonyl (C=O) groups is 1. The number of hydrogen-bond donors (Lipinski definition) is 1. The molecule has 1 N–H and O–H groups in total. The van der Waals surface area contributed by atoms with E-state index in [4.69, 9.17) is 9.63 Å². The van der Waals surface area contributed by atoms with Crippen molar-refractivity contribution in [2.45, 2.75) is 13.8 Å². The highest BCUT2D eigenvalue weighted by molar-refractivity contribution is 5.90. The summed E-state index contributed by atoms with van der Waals surface area (Å²) in [6.45, 7) is 4.15. The van der Waals surface area contributed by atoms with Crippen LogP contribution >= 0.6 is 0 Å². The molecule has 0 saturated carbocycles. The summed E-state index contributed by atoms with van der Waals surface area (Å²) < 4.78 is 6.94. The maximum atomic E-state index is 10.8. The van der Waals surface area contributed by atoms with Crippen LogP contribution in [0, 0.1) is 13.8 Å². The van der Waals surface area contributed by atoms with Gasteiger partial charge in [0.1, 0.15) is 5.69 Å². The molecule has 0 saturated heterocycles. The van der Waals surface area contributed by atoms with E-state index in [-0.39, 0.29) is 5.76 Å². The lowest BCUT2D eigenvalue weighted by atomic mass is 10.1. The third-order valence-electron chi connectivity index (χ3n) is 3.82. The van der Waals surface area contributed by atoms with Gasteiger partial charge in [-0.1, -0.05) is 11.2 Å². The first-order valence-corrected chi connectivity index (χ1v) is 6.25. The summed E-state index contributed by atoms with van der Waals surface area (Å²) in [6.07, 6.45) is 0. The predicted molar refractivity (Wildman–Crippen MR) is 74.8 cm³/mol. The number of aryl methyl sites for hydroxylation is 2. The predicted octanol–water partition coefficient (Wildman–Crippen LogP) is 3.15. The molecular formula is C15H14N2O3. The van der Waals surface area contributed by atoms with Crippen LogP contribution in [0.15, 0.2) is 28.8 Å². The Kier molecular flexibility index (Phi) is 2.64. The van der Waals surface area contributed by atoms with Crippen molar-refractivity contribution in [1.29, 1.82) is 0 Å². The van der Waals surface area contributed by atoms with E-state index in [1.807, 2.05) is 25.2 Å². The van der Waals surface area contributed by atoms with Crippen LogP contribution in [-0.4, -0.2) is 20.8 Å². The molecule has 5 heteroatoms. The standard InChI is InChI=1S/C15H14N2O3/c1-8-9(2)17(3)13-5-4-10(6-11(8)13)12-7-14(15(18)19)20-16-12/h4-7H,1-3H3,(H,18,19). The summed E-state index contributed by atoms with van der Waals surface area (Å²) >= 11 is 0. The second-order valence-electron chi connectivity index (χ2n) is 4.88. The summed E-state index contributed by atoms with van der Waals surface area (Å²) in [5, 5.41) is 13.8. The Morgan fingerprint density at radius 1 is 1.30 bits per heavy atom. The molecule has 3 aromatic rings. The van der Waals surface area contributed by atoms with Crippen molar-refractivity contribution >= 4 is 16.9 Å². The fraction of sp³-hybridized carbons (Fsp3) is 0.200. The summed E-state index contributed by atoms with van der Waals surface area (Å²) in [5.74, 6) is -1.27. The highest BCUT2D eigenvalue weighted by Crippen LogP contribution is 2.29. The van der Waals surface area contributed by atoms with Gasteiger partial charge in [0, 0.05) is 35.3 Å². The zero-order chi connectivity index (χ0) is 14.4. The fourth-order valence-electron chi connectivity index (χ4n) is 2.43. The highest BCUT2D eigenvalue weighted by atomic mass is 16.5. The van der Waals surface area contributed by atoms with Crippen LogP contribution in [0.1, 0.15) is 21.8 Å². The minimum absolute atomic E-state index is 0.152. The van der Waals surface area contributed by atoms with E-state index in [2.05, 4.69) is 23.6 Å². The Labute approximate surface area is 115 Å². The van der Waals surface area contributed by atoms with Crippen LogP contribution in [0.2, 0.25) is 0 Å². The SMILES string of the molecule is Cc1c(C)n(C)c2ccc(-c3cc(C(=O)O)on3)cc12. The third kappa shape index (κ3) is 1.71. The molecule has 3 rings (SSSR count). The zero-order valence-corrected chi connectivity index (χ0v) is 11.5. The molecule has 0 radical (unpaired) electrons. The highest BCUT2D eigenvalue weighted by Gasteiger charge is 2.14. The number of aromatic carboxylic acids is 1. The minimum Gasteiger partial charge on any atom is -0.475 e. The smallest absolute Gasteiger partial charge is 0.374 e. The number of benzene rings is 1. The van der Waals surface area contributed by atoms with Gasteiger partial charge in [0.25, 0.3) is 0 Å². The first kappa shape index (κ1) is 12.5. The molecule has 0 bridgehead atoms. The second kappa shape index (κ2) is 4.23. The van der Waals surface area contributed by atoms with Gasteiger partial charge in [-0.2, -0.15) is 0 Å². The van der Waals surface area contributed by atoms with E-state index in [1.165, 1.54) is 17.3 Å². The lowest BCUT2D eigenvalue weighted by Gasteiger charge is -1.99. The number of aromatic nitrogens is 2. The molecule has 0 spiro atoms. The summed E-state index contributed by atoms with van der Waals surface area (Å²) in [5.41, 5.74) is 4.95. The van der Waals surface area contributed by atoms with Crippen LogP contribution in [0.3, 0.4) is 0 Å². The van der Waals surface area contributed by atoms with Gasteiger partial charge in [0.15, 0.2) is 0 Å². The third-order valence-corrected chi connectivity index (χ3v) is 3.82. The first-order valence-electron chi connectivity index (χ1n) is 6.25. The molecule has 2 heterocycles. The van der Waals surface area contributed by atoms with Crippen molar-refractivity contribution in [2.75, 3.05) is 0 Å². The summed E-state index contributed by atoms with van der Waals surface area (Å²) in [6, 6.07) is 7.39. The van der Waals surface area contributed by atoms with Crippen molar-refractivity contribution < 1.29 is 14.4 Å². The van der Waals surface area contributed by atoms with Gasteiger partial charge in [0.05, 0.1) is 0 Å². The topological polar surface area (TPSA) is 68.3 Å².